The van der Waals surface area contributed by atoms with Gasteiger partial charge in [0, 0.05) is 6.04 Å². The summed E-state index contributed by atoms with van der Waals surface area (Å²) in [5.41, 5.74) is 3.06. The summed E-state index contributed by atoms with van der Waals surface area (Å²) in [7, 11) is 0. The lowest BCUT2D eigenvalue weighted by atomic mass is 9.69. The second-order valence-electron chi connectivity index (χ2n) is 5.15. The molecule has 0 spiro atoms. The van der Waals surface area contributed by atoms with Gasteiger partial charge in [-0.1, -0.05) is 13.8 Å². The van der Waals surface area contributed by atoms with Gasteiger partial charge in [-0.05, 0) is 32.1 Å². The molecule has 0 radical (unpaired) electrons. The third-order valence-corrected chi connectivity index (χ3v) is 2.45. The second-order valence-corrected chi connectivity index (χ2v) is 5.15. The van der Waals surface area contributed by atoms with Gasteiger partial charge in [0.1, 0.15) is 0 Å². The number of hydrogen-bond donors (Lipinski definition) is 3. The summed E-state index contributed by atoms with van der Waals surface area (Å²) in [6.07, 6.45) is 2.30. The van der Waals surface area contributed by atoms with Gasteiger partial charge >= 0.3 is 0 Å². The standard InChI is InChI=1S/C10H22N4/c1-7(2)12-9(14-11)13-8-5-10(3,4)6-8/h7-8H,5-6,11H2,1-4H3,(H2,12,13,14). The van der Waals surface area contributed by atoms with E-state index in [0.717, 1.165) is 12.8 Å². The molecule has 82 valence electrons. The maximum absolute atomic E-state index is 5.37. The van der Waals surface area contributed by atoms with Crippen LogP contribution in [-0.4, -0.2) is 18.0 Å². The lowest BCUT2D eigenvalue weighted by molar-refractivity contribution is 0.155. The highest BCUT2D eigenvalue weighted by molar-refractivity contribution is 5.79. The van der Waals surface area contributed by atoms with E-state index >= 15 is 0 Å². The molecular weight excluding hydrogens is 176 g/mol. The number of nitrogens with one attached hydrogen (secondary N) is 2. The van der Waals surface area contributed by atoms with Crippen LogP contribution in [0.15, 0.2) is 4.99 Å². The van der Waals surface area contributed by atoms with Crippen molar-refractivity contribution in [2.45, 2.75) is 52.6 Å². The summed E-state index contributed by atoms with van der Waals surface area (Å²) in [5.74, 6) is 6.08. The zero-order valence-electron chi connectivity index (χ0n) is 9.59. The highest BCUT2D eigenvalue weighted by Crippen LogP contribution is 2.41. The molecule has 0 unspecified atom stereocenters. The Balaban J connectivity index is 2.42. The molecule has 0 saturated heterocycles. The summed E-state index contributed by atoms with van der Waals surface area (Å²) < 4.78 is 0. The minimum Gasteiger partial charge on any atom is -0.353 e. The SMILES string of the molecule is CC(C)NC(=NC1CC(C)(C)C1)NN. The average molecular weight is 198 g/mol. The molecule has 0 amide bonds. The number of hydrazine groups is 1. The number of aliphatic imine (C=N–C) groups is 1. The number of guanidine groups is 1. The Morgan fingerprint density at radius 2 is 2.00 bits per heavy atom. The first-order chi connectivity index (χ1) is 6.43. The first-order valence-electron chi connectivity index (χ1n) is 5.24. The van der Waals surface area contributed by atoms with Gasteiger partial charge in [-0.15, -0.1) is 0 Å². The molecule has 0 aromatic carbocycles. The summed E-state index contributed by atoms with van der Waals surface area (Å²) in [6.45, 7) is 8.67. The molecule has 0 heterocycles. The summed E-state index contributed by atoms with van der Waals surface area (Å²) in [6, 6.07) is 0.792. The topological polar surface area (TPSA) is 62.4 Å². The number of hydrogen-bond acceptors (Lipinski definition) is 2. The quantitative estimate of drug-likeness (QED) is 0.268. The molecule has 0 aliphatic heterocycles. The van der Waals surface area contributed by atoms with Crippen molar-refractivity contribution in [1.82, 2.24) is 10.7 Å². The maximum Gasteiger partial charge on any atom is 0.206 e. The highest BCUT2D eigenvalue weighted by atomic mass is 15.3. The molecule has 0 aromatic heterocycles. The minimum atomic E-state index is 0.359. The Bertz CT molecular complexity index is 212. The molecule has 14 heavy (non-hydrogen) atoms. The molecule has 1 rings (SSSR count). The average Bonchev–Trinajstić information content (AvgIpc) is 1.98. The van der Waals surface area contributed by atoms with Gasteiger partial charge in [-0.2, -0.15) is 0 Å². The fourth-order valence-corrected chi connectivity index (χ4v) is 1.88. The van der Waals surface area contributed by atoms with E-state index in [9.17, 15) is 0 Å². The third kappa shape index (κ3) is 3.18. The third-order valence-electron chi connectivity index (χ3n) is 2.45. The first kappa shape index (κ1) is 11.3. The number of nitrogens with zero attached hydrogens (tertiary/aromatic N) is 1. The van der Waals surface area contributed by atoms with Crippen molar-refractivity contribution in [2.24, 2.45) is 16.3 Å². The van der Waals surface area contributed by atoms with E-state index in [1.807, 2.05) is 0 Å². The van der Waals surface area contributed by atoms with Gasteiger partial charge in [0.25, 0.3) is 0 Å². The molecule has 1 fully saturated rings. The number of rotatable bonds is 2. The van der Waals surface area contributed by atoms with Gasteiger partial charge in [-0.3, -0.25) is 5.43 Å². The Hall–Kier alpha value is -0.770. The van der Waals surface area contributed by atoms with Gasteiger partial charge in [-0.25, -0.2) is 10.8 Å². The fourth-order valence-electron chi connectivity index (χ4n) is 1.88. The fraction of sp³-hybridized carbons (Fsp3) is 0.900. The molecule has 4 heteroatoms. The summed E-state index contributed by atoms with van der Waals surface area (Å²) in [5, 5.41) is 3.17. The Kier molecular flexibility index (Phi) is 3.37. The van der Waals surface area contributed by atoms with Gasteiger partial charge in [0.15, 0.2) is 0 Å². The maximum atomic E-state index is 5.37. The van der Waals surface area contributed by atoms with Crippen molar-refractivity contribution in [3.8, 4) is 0 Å². The van der Waals surface area contributed by atoms with Crippen molar-refractivity contribution in [3.63, 3.8) is 0 Å². The van der Waals surface area contributed by atoms with Crippen LogP contribution in [0.25, 0.3) is 0 Å². The van der Waals surface area contributed by atoms with E-state index < -0.39 is 0 Å². The molecule has 0 aromatic rings. The van der Waals surface area contributed by atoms with Crippen LogP contribution in [0, 0.1) is 5.41 Å². The molecule has 1 saturated carbocycles. The predicted molar refractivity (Wildman–Crippen MR) is 59.8 cm³/mol. The molecule has 1 aliphatic carbocycles. The molecule has 4 N–H and O–H groups in total. The van der Waals surface area contributed by atoms with Crippen molar-refractivity contribution in [1.29, 1.82) is 0 Å². The van der Waals surface area contributed by atoms with Crippen LogP contribution in [0.1, 0.15) is 40.5 Å². The molecule has 0 bridgehead atoms. The first-order valence-corrected chi connectivity index (χ1v) is 5.24. The predicted octanol–water partition coefficient (Wildman–Crippen LogP) is 0.992. The lowest BCUT2D eigenvalue weighted by Crippen LogP contribution is -2.47. The van der Waals surface area contributed by atoms with Crippen molar-refractivity contribution < 1.29 is 0 Å². The molecule has 1 aliphatic rings. The Morgan fingerprint density at radius 3 is 2.36 bits per heavy atom. The molecule has 4 nitrogen and oxygen atoms in total. The Morgan fingerprint density at radius 1 is 1.43 bits per heavy atom. The van der Waals surface area contributed by atoms with Crippen molar-refractivity contribution in [2.75, 3.05) is 0 Å². The Labute approximate surface area is 86.3 Å². The van der Waals surface area contributed by atoms with Crippen LogP contribution < -0.4 is 16.6 Å². The van der Waals surface area contributed by atoms with Crippen molar-refractivity contribution in [3.05, 3.63) is 0 Å². The van der Waals surface area contributed by atoms with E-state index in [2.05, 4.69) is 43.4 Å². The van der Waals surface area contributed by atoms with Gasteiger partial charge in [0.05, 0.1) is 6.04 Å². The van der Waals surface area contributed by atoms with Crippen molar-refractivity contribution >= 4 is 5.96 Å². The van der Waals surface area contributed by atoms with E-state index in [4.69, 9.17) is 5.84 Å². The number of nitrogens with two attached hydrogens (primary N) is 1. The van der Waals surface area contributed by atoms with Gasteiger partial charge in [0.2, 0.25) is 5.96 Å². The zero-order valence-corrected chi connectivity index (χ0v) is 9.59. The van der Waals surface area contributed by atoms with Crippen LogP contribution >= 0.6 is 0 Å². The van der Waals surface area contributed by atoms with E-state index in [1.54, 1.807) is 0 Å². The van der Waals surface area contributed by atoms with E-state index in [1.165, 1.54) is 0 Å². The second kappa shape index (κ2) is 4.17. The minimum absolute atomic E-state index is 0.359. The highest BCUT2D eigenvalue weighted by Gasteiger charge is 2.36. The molecular formula is C10H22N4. The lowest BCUT2D eigenvalue weighted by Gasteiger charge is -2.40. The summed E-state index contributed by atoms with van der Waals surface area (Å²) in [4.78, 5) is 4.51. The normalized spacial score (nSPS) is 22.0. The monoisotopic (exact) mass is 198 g/mol. The summed E-state index contributed by atoms with van der Waals surface area (Å²) >= 11 is 0. The van der Waals surface area contributed by atoms with E-state index in [0.29, 0.717) is 23.5 Å². The largest absolute Gasteiger partial charge is 0.353 e. The molecule has 0 atom stereocenters. The van der Waals surface area contributed by atoms with Crippen LogP contribution in [0.3, 0.4) is 0 Å². The smallest absolute Gasteiger partial charge is 0.206 e. The van der Waals surface area contributed by atoms with Crippen LogP contribution in [-0.2, 0) is 0 Å². The zero-order chi connectivity index (χ0) is 10.8. The van der Waals surface area contributed by atoms with Gasteiger partial charge < -0.3 is 5.32 Å². The van der Waals surface area contributed by atoms with Crippen LogP contribution in [0.4, 0.5) is 0 Å². The van der Waals surface area contributed by atoms with Crippen LogP contribution in [0.2, 0.25) is 0 Å². The van der Waals surface area contributed by atoms with Crippen LogP contribution in [0.5, 0.6) is 0 Å². The van der Waals surface area contributed by atoms with E-state index in [-0.39, 0.29) is 0 Å².